The fraction of sp³-hybridized carbons (Fsp3) is 0.647. The Morgan fingerprint density at radius 2 is 2.00 bits per heavy atom. The first-order valence-corrected chi connectivity index (χ1v) is 7.62. The Kier molecular flexibility index (Phi) is 5.00. The van der Waals surface area contributed by atoms with Crippen LogP contribution in [0.15, 0.2) is 18.2 Å². The Morgan fingerprint density at radius 1 is 1.21 bits per heavy atom. The molecule has 2 N–H and O–H groups in total. The summed E-state index contributed by atoms with van der Waals surface area (Å²) in [6.07, 6.45) is 3.57. The van der Waals surface area contributed by atoms with E-state index < -0.39 is 0 Å². The molecule has 1 aliphatic rings. The highest BCUT2D eigenvalue weighted by molar-refractivity contribution is 5.30. The normalized spacial score (nSPS) is 24.6. The first-order chi connectivity index (χ1) is 9.08. The molecule has 1 aromatic carbocycles. The van der Waals surface area contributed by atoms with Crippen molar-refractivity contribution in [3.8, 4) is 0 Å². The van der Waals surface area contributed by atoms with Crippen molar-refractivity contribution in [3.05, 3.63) is 34.9 Å². The molecule has 2 atom stereocenters. The van der Waals surface area contributed by atoms with Crippen LogP contribution in [0.2, 0.25) is 0 Å². The molecule has 0 radical (unpaired) electrons. The quantitative estimate of drug-likeness (QED) is 0.902. The number of rotatable bonds is 4. The van der Waals surface area contributed by atoms with Gasteiger partial charge >= 0.3 is 0 Å². The number of nitrogens with two attached hydrogens (primary N) is 1. The van der Waals surface area contributed by atoms with Gasteiger partial charge in [0.1, 0.15) is 0 Å². The molecule has 0 aliphatic carbocycles. The lowest BCUT2D eigenvalue weighted by Crippen LogP contribution is -2.47. The lowest BCUT2D eigenvalue weighted by molar-refractivity contribution is 0.156. The highest BCUT2D eigenvalue weighted by Crippen LogP contribution is 2.21. The largest absolute Gasteiger partial charge is 0.327 e. The van der Waals surface area contributed by atoms with E-state index in [1.165, 1.54) is 49.0 Å². The molecule has 2 nitrogen and oxygen atoms in total. The molecular formula is C17H28N2. The topological polar surface area (TPSA) is 29.3 Å². The van der Waals surface area contributed by atoms with E-state index in [-0.39, 0.29) is 0 Å². The second kappa shape index (κ2) is 6.53. The molecule has 0 saturated carbocycles. The SMILES string of the molecule is CCCN1CC(N)CC(Cc2ccc(C)c(C)c2)C1. The molecule has 0 aromatic heterocycles. The average molecular weight is 260 g/mol. The van der Waals surface area contributed by atoms with Gasteiger partial charge in [-0.3, -0.25) is 0 Å². The summed E-state index contributed by atoms with van der Waals surface area (Å²) in [5.74, 6) is 0.720. The molecule has 2 unspecified atom stereocenters. The van der Waals surface area contributed by atoms with Crippen LogP contribution in [-0.4, -0.2) is 30.6 Å². The molecular weight excluding hydrogens is 232 g/mol. The monoisotopic (exact) mass is 260 g/mol. The van der Waals surface area contributed by atoms with Crippen molar-refractivity contribution in [1.29, 1.82) is 0 Å². The zero-order chi connectivity index (χ0) is 13.8. The van der Waals surface area contributed by atoms with Gasteiger partial charge in [0.05, 0.1) is 0 Å². The zero-order valence-corrected chi connectivity index (χ0v) is 12.7. The first kappa shape index (κ1) is 14.5. The highest BCUT2D eigenvalue weighted by atomic mass is 15.1. The second-order valence-electron chi connectivity index (χ2n) is 6.24. The van der Waals surface area contributed by atoms with Crippen LogP contribution in [0.25, 0.3) is 0 Å². The number of nitrogens with zero attached hydrogens (tertiary/aromatic N) is 1. The predicted octanol–water partition coefficient (Wildman–Crippen LogP) is 2.91. The Hall–Kier alpha value is -0.860. The molecule has 2 heteroatoms. The van der Waals surface area contributed by atoms with E-state index in [2.05, 4.69) is 43.9 Å². The van der Waals surface area contributed by atoms with Crippen molar-refractivity contribution >= 4 is 0 Å². The Bertz CT molecular complexity index is 414. The van der Waals surface area contributed by atoms with E-state index in [0.29, 0.717) is 6.04 Å². The van der Waals surface area contributed by atoms with Gasteiger partial charge in [-0.1, -0.05) is 25.1 Å². The lowest BCUT2D eigenvalue weighted by atomic mass is 9.88. The van der Waals surface area contributed by atoms with Gasteiger partial charge in [-0.2, -0.15) is 0 Å². The Labute approximate surface area is 118 Å². The molecule has 2 rings (SSSR count). The van der Waals surface area contributed by atoms with E-state index in [9.17, 15) is 0 Å². The van der Waals surface area contributed by atoms with Crippen LogP contribution in [0.3, 0.4) is 0 Å². The van der Waals surface area contributed by atoms with E-state index in [4.69, 9.17) is 5.73 Å². The molecule has 106 valence electrons. The minimum atomic E-state index is 0.358. The molecule has 0 amide bonds. The van der Waals surface area contributed by atoms with Crippen LogP contribution >= 0.6 is 0 Å². The summed E-state index contributed by atoms with van der Waals surface area (Å²) >= 11 is 0. The molecule has 0 spiro atoms. The van der Waals surface area contributed by atoms with E-state index in [1.807, 2.05) is 0 Å². The van der Waals surface area contributed by atoms with Crippen LogP contribution in [0.4, 0.5) is 0 Å². The maximum Gasteiger partial charge on any atom is 0.0171 e. The molecule has 1 heterocycles. The van der Waals surface area contributed by atoms with Gasteiger partial charge in [0.2, 0.25) is 0 Å². The number of likely N-dealkylation sites (tertiary alicyclic amines) is 1. The molecule has 1 fully saturated rings. The summed E-state index contributed by atoms with van der Waals surface area (Å²) in [6.45, 7) is 10.1. The van der Waals surface area contributed by atoms with Gasteiger partial charge < -0.3 is 10.6 Å². The predicted molar refractivity (Wildman–Crippen MR) is 82.4 cm³/mol. The summed E-state index contributed by atoms with van der Waals surface area (Å²) in [6, 6.07) is 7.24. The van der Waals surface area contributed by atoms with Crippen molar-refractivity contribution < 1.29 is 0 Å². The summed E-state index contributed by atoms with van der Waals surface area (Å²) in [5.41, 5.74) is 10.5. The molecule has 1 aromatic rings. The van der Waals surface area contributed by atoms with Crippen molar-refractivity contribution in [1.82, 2.24) is 4.90 Å². The highest BCUT2D eigenvalue weighted by Gasteiger charge is 2.24. The van der Waals surface area contributed by atoms with Crippen LogP contribution in [0.5, 0.6) is 0 Å². The zero-order valence-electron chi connectivity index (χ0n) is 12.7. The molecule has 1 aliphatic heterocycles. The van der Waals surface area contributed by atoms with Crippen molar-refractivity contribution in [2.24, 2.45) is 11.7 Å². The third-order valence-electron chi connectivity index (χ3n) is 4.28. The summed E-state index contributed by atoms with van der Waals surface area (Å²) in [4.78, 5) is 2.54. The standard InChI is InChI=1S/C17H28N2/c1-4-7-19-11-16(10-17(18)12-19)9-15-6-5-13(2)14(3)8-15/h5-6,8,16-17H,4,7,9-12,18H2,1-3H3. The van der Waals surface area contributed by atoms with Crippen LogP contribution < -0.4 is 5.73 Å². The van der Waals surface area contributed by atoms with Gasteiger partial charge in [0.25, 0.3) is 0 Å². The lowest BCUT2D eigenvalue weighted by Gasteiger charge is -2.36. The number of hydrogen-bond donors (Lipinski definition) is 1. The van der Waals surface area contributed by atoms with Crippen LogP contribution in [0.1, 0.15) is 36.5 Å². The van der Waals surface area contributed by atoms with Gasteiger partial charge in [-0.25, -0.2) is 0 Å². The van der Waals surface area contributed by atoms with Gasteiger partial charge in [-0.05, 0) is 62.3 Å². The van der Waals surface area contributed by atoms with Crippen molar-refractivity contribution in [3.63, 3.8) is 0 Å². The first-order valence-electron chi connectivity index (χ1n) is 7.62. The van der Waals surface area contributed by atoms with Gasteiger partial charge in [0, 0.05) is 19.1 Å². The summed E-state index contributed by atoms with van der Waals surface area (Å²) in [7, 11) is 0. The summed E-state index contributed by atoms with van der Waals surface area (Å²) < 4.78 is 0. The van der Waals surface area contributed by atoms with Gasteiger partial charge in [0.15, 0.2) is 0 Å². The smallest absolute Gasteiger partial charge is 0.0171 e. The Balaban J connectivity index is 1.99. The van der Waals surface area contributed by atoms with E-state index >= 15 is 0 Å². The van der Waals surface area contributed by atoms with Crippen molar-refractivity contribution in [2.45, 2.75) is 46.1 Å². The molecule has 0 bridgehead atoms. The third kappa shape index (κ3) is 4.05. The fourth-order valence-corrected chi connectivity index (χ4v) is 3.26. The minimum Gasteiger partial charge on any atom is -0.327 e. The van der Waals surface area contributed by atoms with Crippen LogP contribution in [-0.2, 0) is 6.42 Å². The van der Waals surface area contributed by atoms with Crippen molar-refractivity contribution in [2.75, 3.05) is 19.6 Å². The Morgan fingerprint density at radius 3 is 2.68 bits per heavy atom. The third-order valence-corrected chi connectivity index (χ3v) is 4.28. The molecule has 1 saturated heterocycles. The number of hydrogen-bond acceptors (Lipinski definition) is 2. The minimum absolute atomic E-state index is 0.358. The van der Waals surface area contributed by atoms with Crippen LogP contribution in [0, 0.1) is 19.8 Å². The van der Waals surface area contributed by atoms with Gasteiger partial charge in [-0.15, -0.1) is 0 Å². The van der Waals surface area contributed by atoms with E-state index in [1.54, 1.807) is 0 Å². The number of aryl methyl sites for hydroxylation is 2. The maximum atomic E-state index is 6.21. The maximum absolute atomic E-state index is 6.21. The number of benzene rings is 1. The second-order valence-corrected chi connectivity index (χ2v) is 6.24. The van der Waals surface area contributed by atoms with E-state index in [0.717, 1.165) is 12.5 Å². The fourth-order valence-electron chi connectivity index (χ4n) is 3.26. The molecule has 19 heavy (non-hydrogen) atoms. The average Bonchev–Trinajstić information content (AvgIpc) is 2.33. The summed E-state index contributed by atoms with van der Waals surface area (Å²) in [5, 5.41) is 0. The number of piperidine rings is 1.